The van der Waals surface area contributed by atoms with E-state index in [1.165, 1.54) is 25.2 Å². The molecule has 4 atom stereocenters. The minimum absolute atomic E-state index is 0.00821. The second kappa shape index (κ2) is 7.12. The molecule has 1 saturated carbocycles. The molecule has 7 N–H and O–H groups in total. The highest BCUT2D eigenvalue weighted by molar-refractivity contribution is 6.24. The van der Waals surface area contributed by atoms with E-state index in [2.05, 4.69) is 4.98 Å². The molecule has 1 aromatic heterocycles. The van der Waals surface area contributed by atoms with Crippen LogP contribution in [0.15, 0.2) is 23.1 Å². The summed E-state index contributed by atoms with van der Waals surface area (Å²) in [5, 5.41) is 52.9. The predicted octanol–water partition coefficient (Wildman–Crippen LogP) is -1.15. The molecule has 0 unspecified atom stereocenters. The summed E-state index contributed by atoms with van der Waals surface area (Å²) in [6, 6.07) is -1.13. The van der Waals surface area contributed by atoms with Crippen molar-refractivity contribution >= 4 is 23.2 Å². The van der Waals surface area contributed by atoms with Gasteiger partial charge >= 0.3 is 0 Å². The molecule has 1 amide bonds. The van der Waals surface area contributed by atoms with Crippen molar-refractivity contribution in [2.75, 3.05) is 14.1 Å². The van der Waals surface area contributed by atoms with Gasteiger partial charge in [-0.05, 0) is 38.4 Å². The molecule has 1 aromatic rings. The zero-order chi connectivity index (χ0) is 23.7. The fourth-order valence-corrected chi connectivity index (χ4v) is 5.26. The van der Waals surface area contributed by atoms with Crippen LogP contribution in [0.5, 0.6) is 5.75 Å². The summed E-state index contributed by atoms with van der Waals surface area (Å²) < 4.78 is 0. The van der Waals surface area contributed by atoms with Gasteiger partial charge in [0.2, 0.25) is 5.78 Å². The van der Waals surface area contributed by atoms with Crippen molar-refractivity contribution in [3.63, 3.8) is 0 Å². The molecule has 1 heterocycles. The third-order valence-corrected chi connectivity index (χ3v) is 6.69. The molecule has 0 bridgehead atoms. The normalized spacial score (nSPS) is 29.7. The van der Waals surface area contributed by atoms with Crippen LogP contribution in [0.2, 0.25) is 0 Å². The van der Waals surface area contributed by atoms with Crippen molar-refractivity contribution in [2.45, 2.75) is 31.1 Å². The van der Waals surface area contributed by atoms with E-state index in [0.717, 1.165) is 0 Å². The Morgan fingerprint density at radius 1 is 1.28 bits per heavy atom. The molecule has 1 fully saturated rings. The summed E-state index contributed by atoms with van der Waals surface area (Å²) in [5.74, 6) is -7.21. The van der Waals surface area contributed by atoms with E-state index < -0.39 is 70.4 Å². The molecular formula is C21H23N3O8. The number of rotatable bonds is 3. The maximum Gasteiger partial charge on any atom is 0.255 e. The first-order valence-electron chi connectivity index (χ1n) is 9.92. The lowest BCUT2D eigenvalue weighted by atomic mass is 9.57. The van der Waals surface area contributed by atoms with Crippen molar-refractivity contribution in [2.24, 2.45) is 17.6 Å². The largest absolute Gasteiger partial charge is 0.508 e. The molecule has 3 aliphatic carbocycles. The Hall–Kier alpha value is -3.28. The van der Waals surface area contributed by atoms with E-state index in [4.69, 9.17) is 5.73 Å². The van der Waals surface area contributed by atoms with E-state index in [1.807, 2.05) is 0 Å². The molecule has 0 aromatic carbocycles. The quantitative estimate of drug-likeness (QED) is 0.309. The first-order valence-corrected chi connectivity index (χ1v) is 9.92. The summed E-state index contributed by atoms with van der Waals surface area (Å²) in [7, 11) is 3.07. The fraction of sp³-hybridized carbons (Fsp3) is 0.429. The van der Waals surface area contributed by atoms with E-state index in [9.17, 15) is 39.9 Å². The number of carbonyl (C=O) groups is 3. The van der Waals surface area contributed by atoms with Gasteiger partial charge in [-0.1, -0.05) is 0 Å². The number of primary amides is 1. The summed E-state index contributed by atoms with van der Waals surface area (Å²) in [4.78, 5) is 43.8. The molecule has 0 saturated heterocycles. The highest BCUT2D eigenvalue weighted by Crippen LogP contribution is 2.52. The lowest BCUT2D eigenvalue weighted by Gasteiger charge is -2.50. The van der Waals surface area contributed by atoms with Crippen molar-refractivity contribution in [3.8, 4) is 5.75 Å². The molecule has 11 heteroatoms. The Morgan fingerprint density at radius 2 is 1.94 bits per heavy atom. The van der Waals surface area contributed by atoms with Gasteiger partial charge in [-0.2, -0.15) is 0 Å². The summed E-state index contributed by atoms with van der Waals surface area (Å²) in [6.07, 6.45) is 1.53. The van der Waals surface area contributed by atoms with Crippen LogP contribution in [-0.4, -0.2) is 78.6 Å². The van der Waals surface area contributed by atoms with Crippen LogP contribution < -0.4 is 5.73 Å². The van der Waals surface area contributed by atoms with Crippen molar-refractivity contribution < 1.29 is 39.9 Å². The molecule has 170 valence electrons. The number of hydrogen-bond donors (Lipinski definition) is 6. The van der Waals surface area contributed by atoms with Gasteiger partial charge < -0.3 is 31.3 Å². The van der Waals surface area contributed by atoms with Crippen LogP contribution in [0.3, 0.4) is 0 Å². The van der Waals surface area contributed by atoms with Gasteiger partial charge in [0, 0.05) is 17.7 Å². The standard InChI is InChI=1S/C21H23N3O8/c1-24(2)14-9-4-7-3-8-5-23-10(6-25)15(26)11(8)16(27)12(7)18(29)21(9,32)19(30)13(17(14)28)20(22)31/h5,7,9,14,25-27,30,32H,3-4,6H2,1-2H3,(H2,22,31)/t7-,9-,14-,21-/m0/s1. The number of pyridine rings is 1. The Labute approximate surface area is 182 Å². The maximum atomic E-state index is 13.6. The number of aliphatic hydroxyl groups is 4. The smallest absolute Gasteiger partial charge is 0.255 e. The number of nitrogens with two attached hydrogens (primary N) is 1. The number of aliphatic hydroxyl groups excluding tert-OH is 3. The van der Waals surface area contributed by atoms with Crippen LogP contribution >= 0.6 is 0 Å². The number of Topliss-reactive ketones (excluding diaryl/α,β-unsaturated/α-hetero) is 2. The fourth-order valence-electron chi connectivity index (χ4n) is 5.26. The van der Waals surface area contributed by atoms with Crippen LogP contribution in [0, 0.1) is 11.8 Å². The SMILES string of the molecule is CN(C)[C@@H]1C(=O)C(C(N)=O)=C(O)[C@@]2(O)C(=O)C3=C(O)c4c(cnc(CO)c4O)C[C@H]3C[C@@H]12. The molecule has 32 heavy (non-hydrogen) atoms. The lowest BCUT2D eigenvalue weighted by Crippen LogP contribution is -2.65. The van der Waals surface area contributed by atoms with Crippen LogP contribution in [-0.2, 0) is 27.4 Å². The summed E-state index contributed by atoms with van der Waals surface area (Å²) in [6.45, 7) is -0.608. The molecule has 3 aliphatic rings. The number of carbonyl (C=O) groups excluding carboxylic acids is 3. The van der Waals surface area contributed by atoms with E-state index in [1.54, 1.807) is 0 Å². The molecule has 0 radical (unpaired) electrons. The second-order valence-electron chi connectivity index (χ2n) is 8.57. The number of fused-ring (bicyclic) bond motifs is 3. The summed E-state index contributed by atoms with van der Waals surface area (Å²) in [5.41, 5.74) is 1.70. The van der Waals surface area contributed by atoms with Crippen LogP contribution in [0.25, 0.3) is 5.76 Å². The van der Waals surface area contributed by atoms with Gasteiger partial charge in [0.1, 0.15) is 22.8 Å². The van der Waals surface area contributed by atoms with Crippen LogP contribution in [0.1, 0.15) is 23.2 Å². The van der Waals surface area contributed by atoms with Crippen molar-refractivity contribution in [3.05, 3.63) is 39.9 Å². The number of hydrogen-bond acceptors (Lipinski definition) is 10. The van der Waals surface area contributed by atoms with Gasteiger partial charge in [-0.3, -0.25) is 24.3 Å². The Kier molecular flexibility index (Phi) is 4.88. The minimum atomic E-state index is -2.67. The predicted molar refractivity (Wildman–Crippen MR) is 108 cm³/mol. The topological polar surface area (TPSA) is 195 Å². The number of ketones is 2. The van der Waals surface area contributed by atoms with Gasteiger partial charge in [-0.25, -0.2) is 0 Å². The van der Waals surface area contributed by atoms with Gasteiger partial charge in [-0.15, -0.1) is 0 Å². The van der Waals surface area contributed by atoms with Crippen molar-refractivity contribution in [1.82, 2.24) is 9.88 Å². The number of likely N-dealkylation sites (N-methyl/N-ethyl adjacent to an activating group) is 1. The third-order valence-electron chi connectivity index (χ3n) is 6.69. The lowest BCUT2D eigenvalue weighted by molar-refractivity contribution is -0.153. The average molecular weight is 445 g/mol. The Morgan fingerprint density at radius 3 is 2.50 bits per heavy atom. The highest BCUT2D eigenvalue weighted by Gasteiger charge is 2.64. The Balaban J connectivity index is 1.97. The van der Waals surface area contributed by atoms with Crippen molar-refractivity contribution in [1.29, 1.82) is 0 Å². The van der Waals surface area contributed by atoms with Gasteiger partial charge in [0.05, 0.1) is 18.2 Å². The van der Waals surface area contributed by atoms with Gasteiger partial charge in [0.15, 0.2) is 17.1 Å². The number of aromatic nitrogens is 1. The molecular weight excluding hydrogens is 422 g/mol. The zero-order valence-electron chi connectivity index (χ0n) is 17.4. The minimum Gasteiger partial charge on any atom is -0.508 e. The Bertz CT molecular complexity index is 1140. The highest BCUT2D eigenvalue weighted by atomic mass is 16.3. The molecule has 11 nitrogen and oxygen atoms in total. The van der Waals surface area contributed by atoms with E-state index >= 15 is 0 Å². The molecule has 4 rings (SSSR count). The second-order valence-corrected chi connectivity index (χ2v) is 8.57. The zero-order valence-corrected chi connectivity index (χ0v) is 17.4. The molecule has 0 aliphatic heterocycles. The first-order chi connectivity index (χ1) is 15.0. The van der Waals surface area contributed by atoms with Gasteiger partial charge in [0.25, 0.3) is 5.91 Å². The van der Waals surface area contributed by atoms with E-state index in [-0.39, 0.29) is 29.7 Å². The third kappa shape index (κ3) is 2.65. The monoisotopic (exact) mass is 445 g/mol. The van der Waals surface area contributed by atoms with Crippen LogP contribution in [0.4, 0.5) is 0 Å². The summed E-state index contributed by atoms with van der Waals surface area (Å²) >= 11 is 0. The number of nitrogens with zero attached hydrogens (tertiary/aromatic N) is 2. The van der Waals surface area contributed by atoms with E-state index in [0.29, 0.717) is 5.56 Å². The number of amides is 1. The maximum absolute atomic E-state index is 13.6. The average Bonchev–Trinajstić information content (AvgIpc) is 2.70. The number of aromatic hydroxyl groups is 1. The first kappa shape index (κ1) is 21.9. The molecule has 0 spiro atoms.